The maximum atomic E-state index is 11.6. The third kappa shape index (κ3) is 5.33. The summed E-state index contributed by atoms with van der Waals surface area (Å²) < 4.78 is 5.17. The fourth-order valence-electron chi connectivity index (χ4n) is 1.66. The summed E-state index contributed by atoms with van der Waals surface area (Å²) in [5.74, 6) is 0.448. The number of hydrogen-bond acceptors (Lipinski definition) is 6. The van der Waals surface area contributed by atoms with Crippen LogP contribution >= 0.6 is 11.3 Å². The van der Waals surface area contributed by atoms with Crippen LogP contribution in [0.5, 0.6) is 0 Å². The summed E-state index contributed by atoms with van der Waals surface area (Å²) in [4.78, 5) is 20.2. The predicted octanol–water partition coefficient (Wildman–Crippen LogP) is 3.81. The summed E-state index contributed by atoms with van der Waals surface area (Å²) in [5.41, 5.74) is 1.33. The first-order valence-electron chi connectivity index (χ1n) is 6.93. The van der Waals surface area contributed by atoms with E-state index in [4.69, 9.17) is 4.74 Å². The van der Waals surface area contributed by atoms with Crippen molar-refractivity contribution in [1.29, 1.82) is 0 Å². The Labute approximate surface area is 133 Å². The molecule has 22 heavy (non-hydrogen) atoms. The second kappa shape index (κ2) is 6.74. The van der Waals surface area contributed by atoms with Crippen molar-refractivity contribution < 1.29 is 9.53 Å². The topological polar surface area (TPSA) is 76.1 Å². The van der Waals surface area contributed by atoms with Gasteiger partial charge in [0.05, 0.1) is 29.1 Å². The lowest BCUT2D eigenvalue weighted by Crippen LogP contribution is -2.27. The van der Waals surface area contributed by atoms with Crippen LogP contribution in [0, 0.1) is 6.92 Å². The molecule has 2 aromatic heterocycles. The molecule has 0 unspecified atom stereocenters. The average molecular weight is 320 g/mol. The number of amides is 1. The first-order chi connectivity index (χ1) is 10.3. The summed E-state index contributed by atoms with van der Waals surface area (Å²) in [6.07, 6.45) is 1.14. The number of thiazole rings is 1. The van der Waals surface area contributed by atoms with Crippen LogP contribution in [0.2, 0.25) is 0 Å². The number of rotatable bonds is 4. The number of anilines is 2. The van der Waals surface area contributed by atoms with Gasteiger partial charge in [-0.1, -0.05) is 0 Å². The first kappa shape index (κ1) is 16.2. The molecule has 0 fully saturated rings. The molecule has 2 N–H and O–H groups in total. The van der Waals surface area contributed by atoms with Crippen LogP contribution in [0.1, 0.15) is 31.5 Å². The van der Waals surface area contributed by atoms with Crippen molar-refractivity contribution in [2.45, 2.75) is 39.8 Å². The minimum atomic E-state index is -0.531. The monoisotopic (exact) mass is 320 g/mol. The molecule has 0 atom stereocenters. The number of carbonyl (C=O) groups excluding carboxylic acids is 1. The fraction of sp³-hybridized carbons (Fsp3) is 0.400. The van der Waals surface area contributed by atoms with Crippen molar-refractivity contribution in [2.24, 2.45) is 0 Å². The Morgan fingerprint density at radius 1 is 1.36 bits per heavy atom. The Balaban J connectivity index is 1.86. The van der Waals surface area contributed by atoms with Crippen LogP contribution in [0.25, 0.3) is 0 Å². The van der Waals surface area contributed by atoms with Gasteiger partial charge in [-0.15, -0.1) is 11.3 Å². The van der Waals surface area contributed by atoms with Gasteiger partial charge in [-0.05, 0) is 39.8 Å². The van der Waals surface area contributed by atoms with Gasteiger partial charge in [-0.3, -0.25) is 5.32 Å². The molecule has 0 aliphatic rings. The number of nitrogens with one attached hydrogen (secondary N) is 2. The van der Waals surface area contributed by atoms with E-state index in [1.807, 2.05) is 39.1 Å². The second-order valence-corrected chi connectivity index (χ2v) is 6.83. The SMILES string of the molecule is Cc1nc(CNc2ccc(NC(=O)OC(C)(C)C)nc2)cs1. The van der Waals surface area contributed by atoms with Gasteiger partial charge in [0.25, 0.3) is 0 Å². The summed E-state index contributed by atoms with van der Waals surface area (Å²) in [6, 6.07) is 3.57. The predicted molar refractivity (Wildman–Crippen MR) is 88.3 cm³/mol. The largest absolute Gasteiger partial charge is 0.444 e. The normalized spacial score (nSPS) is 11.1. The summed E-state index contributed by atoms with van der Waals surface area (Å²) in [6.45, 7) is 8.06. The molecule has 0 saturated carbocycles. The van der Waals surface area contributed by atoms with Crippen LogP contribution in [-0.2, 0) is 11.3 Å². The molecule has 0 spiro atoms. The zero-order valence-corrected chi connectivity index (χ0v) is 14.0. The zero-order chi connectivity index (χ0) is 16.2. The molecule has 0 saturated heterocycles. The smallest absolute Gasteiger partial charge is 0.413 e. The van der Waals surface area contributed by atoms with Crippen molar-refractivity contribution in [3.05, 3.63) is 34.4 Å². The quantitative estimate of drug-likeness (QED) is 0.896. The summed E-state index contributed by atoms with van der Waals surface area (Å²) >= 11 is 1.63. The van der Waals surface area contributed by atoms with E-state index in [9.17, 15) is 4.79 Å². The number of nitrogens with zero attached hydrogens (tertiary/aromatic N) is 2. The van der Waals surface area contributed by atoms with Crippen LogP contribution in [0.15, 0.2) is 23.7 Å². The molecule has 2 aromatic rings. The van der Waals surface area contributed by atoms with Gasteiger partial charge in [-0.25, -0.2) is 14.8 Å². The molecule has 118 valence electrons. The third-order valence-corrected chi connectivity index (χ3v) is 3.36. The number of pyridine rings is 1. The van der Waals surface area contributed by atoms with E-state index in [-0.39, 0.29) is 0 Å². The lowest BCUT2D eigenvalue weighted by atomic mass is 10.2. The molecule has 1 amide bonds. The average Bonchev–Trinajstić information content (AvgIpc) is 2.81. The number of hydrogen-bond donors (Lipinski definition) is 2. The van der Waals surface area contributed by atoms with Gasteiger partial charge < -0.3 is 10.1 Å². The maximum absolute atomic E-state index is 11.6. The highest BCUT2D eigenvalue weighted by Gasteiger charge is 2.16. The van der Waals surface area contributed by atoms with E-state index < -0.39 is 11.7 Å². The van der Waals surface area contributed by atoms with E-state index in [1.54, 1.807) is 23.6 Å². The highest BCUT2D eigenvalue weighted by atomic mass is 32.1. The lowest BCUT2D eigenvalue weighted by molar-refractivity contribution is 0.0635. The molecule has 7 heteroatoms. The second-order valence-electron chi connectivity index (χ2n) is 5.77. The Morgan fingerprint density at radius 2 is 2.14 bits per heavy atom. The van der Waals surface area contributed by atoms with Crippen LogP contribution < -0.4 is 10.6 Å². The summed E-state index contributed by atoms with van der Waals surface area (Å²) in [7, 11) is 0. The van der Waals surface area contributed by atoms with Gasteiger partial charge in [-0.2, -0.15) is 0 Å². The molecular weight excluding hydrogens is 300 g/mol. The van der Waals surface area contributed by atoms with E-state index in [0.717, 1.165) is 16.4 Å². The van der Waals surface area contributed by atoms with Crippen molar-refractivity contribution in [2.75, 3.05) is 10.6 Å². The van der Waals surface area contributed by atoms with E-state index >= 15 is 0 Å². The lowest BCUT2D eigenvalue weighted by Gasteiger charge is -2.19. The minimum absolute atomic E-state index is 0.448. The Bertz CT molecular complexity index is 632. The molecule has 0 aliphatic carbocycles. The van der Waals surface area contributed by atoms with Gasteiger partial charge in [0.15, 0.2) is 0 Å². The standard InChI is InChI=1S/C15H20N4O2S/c1-10-18-12(9-22-10)8-16-11-5-6-13(17-7-11)19-14(20)21-15(2,3)4/h5-7,9,16H,8H2,1-4H3,(H,17,19,20). The maximum Gasteiger partial charge on any atom is 0.413 e. The van der Waals surface area contributed by atoms with Crippen LogP contribution in [0.3, 0.4) is 0 Å². The molecule has 2 heterocycles. The number of ether oxygens (including phenoxy) is 1. The Hall–Kier alpha value is -2.15. The number of aryl methyl sites for hydroxylation is 1. The molecule has 0 aromatic carbocycles. The van der Waals surface area contributed by atoms with Gasteiger partial charge in [0, 0.05) is 5.38 Å². The third-order valence-electron chi connectivity index (χ3n) is 2.53. The Kier molecular flexibility index (Phi) is 4.97. The summed E-state index contributed by atoms with van der Waals surface area (Å²) in [5, 5.41) is 8.89. The molecule has 0 radical (unpaired) electrons. The fourth-order valence-corrected chi connectivity index (χ4v) is 2.28. The number of aromatic nitrogens is 2. The Morgan fingerprint density at radius 3 is 2.68 bits per heavy atom. The van der Waals surface area contributed by atoms with Gasteiger partial charge >= 0.3 is 6.09 Å². The zero-order valence-electron chi connectivity index (χ0n) is 13.1. The van der Waals surface area contributed by atoms with Crippen LogP contribution in [0.4, 0.5) is 16.3 Å². The first-order valence-corrected chi connectivity index (χ1v) is 7.81. The van der Waals surface area contributed by atoms with E-state index in [2.05, 4.69) is 20.6 Å². The van der Waals surface area contributed by atoms with Gasteiger partial charge in [0.2, 0.25) is 0 Å². The highest BCUT2D eigenvalue weighted by Crippen LogP contribution is 2.14. The highest BCUT2D eigenvalue weighted by molar-refractivity contribution is 7.09. The molecule has 6 nitrogen and oxygen atoms in total. The van der Waals surface area contributed by atoms with Crippen molar-refractivity contribution in [3.63, 3.8) is 0 Å². The molecule has 0 bridgehead atoms. The van der Waals surface area contributed by atoms with Gasteiger partial charge in [0.1, 0.15) is 11.4 Å². The van der Waals surface area contributed by atoms with Crippen LogP contribution in [-0.4, -0.2) is 21.7 Å². The molecular formula is C15H20N4O2S. The molecule has 2 rings (SSSR count). The minimum Gasteiger partial charge on any atom is -0.444 e. The molecule has 0 aliphatic heterocycles. The van der Waals surface area contributed by atoms with E-state index in [1.165, 1.54) is 0 Å². The number of carbonyl (C=O) groups is 1. The van der Waals surface area contributed by atoms with Crippen molar-refractivity contribution in [1.82, 2.24) is 9.97 Å². The van der Waals surface area contributed by atoms with Crippen molar-refractivity contribution >= 4 is 28.9 Å². The van der Waals surface area contributed by atoms with E-state index in [0.29, 0.717) is 12.4 Å². The van der Waals surface area contributed by atoms with Crippen molar-refractivity contribution in [3.8, 4) is 0 Å².